The molecule has 1 amide bonds. The number of rotatable bonds is 4. The van der Waals surface area contributed by atoms with E-state index in [4.69, 9.17) is 4.74 Å². The van der Waals surface area contributed by atoms with Crippen molar-refractivity contribution in [3.05, 3.63) is 35.9 Å². The second kappa shape index (κ2) is 5.85. The number of carbonyl (C=O) groups excluding carboxylic acids is 1. The van der Waals surface area contributed by atoms with Crippen LogP contribution in [-0.4, -0.2) is 41.1 Å². The molecule has 1 aromatic carbocycles. The highest BCUT2D eigenvalue weighted by Crippen LogP contribution is 2.38. The van der Waals surface area contributed by atoms with E-state index in [2.05, 4.69) is 0 Å². The summed E-state index contributed by atoms with van der Waals surface area (Å²) in [4.78, 5) is 25.5. The second-order valence-corrected chi connectivity index (χ2v) is 5.69. The molecule has 2 aliphatic rings. The minimum atomic E-state index is -0.910. The largest absolute Gasteiger partial charge is 0.481 e. The van der Waals surface area contributed by atoms with Crippen LogP contribution in [0.25, 0.3) is 0 Å². The molecule has 0 saturated carbocycles. The third-order valence-electron chi connectivity index (χ3n) is 4.31. The summed E-state index contributed by atoms with van der Waals surface area (Å²) in [5, 5.41) is 9.43. The zero-order chi connectivity index (χ0) is 14.8. The van der Waals surface area contributed by atoms with Crippen molar-refractivity contribution in [1.29, 1.82) is 0 Å². The highest BCUT2D eigenvalue weighted by Gasteiger charge is 2.45. The van der Waals surface area contributed by atoms with Gasteiger partial charge < -0.3 is 14.7 Å². The van der Waals surface area contributed by atoms with E-state index in [0.29, 0.717) is 6.54 Å². The number of ether oxygens (including phenoxy) is 1. The molecule has 2 aliphatic heterocycles. The molecule has 21 heavy (non-hydrogen) atoms. The van der Waals surface area contributed by atoms with Gasteiger partial charge in [-0.2, -0.15) is 0 Å². The Hall–Kier alpha value is -1.88. The van der Waals surface area contributed by atoms with E-state index in [0.717, 1.165) is 25.0 Å². The predicted octanol–water partition coefficient (Wildman–Crippen LogP) is 1.84. The highest BCUT2D eigenvalue weighted by atomic mass is 16.5. The maximum absolute atomic E-state index is 12.3. The van der Waals surface area contributed by atoms with Crippen LogP contribution in [0.3, 0.4) is 0 Å². The number of nitrogens with zero attached hydrogens (tertiary/aromatic N) is 1. The minimum Gasteiger partial charge on any atom is -0.481 e. The molecule has 112 valence electrons. The van der Waals surface area contributed by atoms with Crippen LogP contribution in [0, 0.1) is 5.92 Å². The van der Waals surface area contributed by atoms with Crippen molar-refractivity contribution in [2.24, 2.45) is 5.92 Å². The Balaban J connectivity index is 1.87. The summed E-state index contributed by atoms with van der Waals surface area (Å²) in [5.41, 5.74) is 0.883. The number of hydrogen-bond donors (Lipinski definition) is 1. The smallest absolute Gasteiger partial charge is 0.309 e. The molecule has 1 aromatic rings. The van der Waals surface area contributed by atoms with Crippen molar-refractivity contribution >= 4 is 11.9 Å². The molecule has 0 spiro atoms. The molecule has 0 radical (unpaired) electrons. The molecule has 2 fully saturated rings. The van der Waals surface area contributed by atoms with E-state index in [-0.39, 0.29) is 24.5 Å². The van der Waals surface area contributed by atoms with Crippen molar-refractivity contribution in [2.75, 3.05) is 13.2 Å². The van der Waals surface area contributed by atoms with Gasteiger partial charge in [-0.25, -0.2) is 0 Å². The first-order valence-electron chi connectivity index (χ1n) is 7.35. The molecule has 0 aromatic heterocycles. The molecule has 3 rings (SSSR count). The first-order valence-corrected chi connectivity index (χ1v) is 7.35. The standard InChI is InChI=1S/C16H19NO4/c18-14-9-13(16(19)20)15(11-5-2-1-3-6-11)17(14)10-12-7-4-8-21-12/h1-3,5-6,12-13,15H,4,7-10H2,(H,19,20)/t12-,13-,15+/m1/s1. The molecule has 1 N–H and O–H groups in total. The Morgan fingerprint density at radius 2 is 2.10 bits per heavy atom. The number of amides is 1. The summed E-state index contributed by atoms with van der Waals surface area (Å²) in [6.07, 6.45) is 2.04. The molecular weight excluding hydrogens is 270 g/mol. The highest BCUT2D eigenvalue weighted by molar-refractivity contribution is 5.87. The molecular formula is C16H19NO4. The summed E-state index contributed by atoms with van der Waals surface area (Å²) in [7, 11) is 0. The van der Waals surface area contributed by atoms with Crippen LogP contribution in [0.5, 0.6) is 0 Å². The lowest BCUT2D eigenvalue weighted by molar-refractivity contribution is -0.142. The SMILES string of the molecule is O=C(O)[C@@H]1CC(=O)N(C[C@H]2CCCO2)[C@H]1c1ccccc1. The van der Waals surface area contributed by atoms with Crippen molar-refractivity contribution in [2.45, 2.75) is 31.4 Å². The summed E-state index contributed by atoms with van der Waals surface area (Å²) in [6.45, 7) is 1.22. The van der Waals surface area contributed by atoms with Gasteiger partial charge in [-0.3, -0.25) is 9.59 Å². The van der Waals surface area contributed by atoms with Gasteiger partial charge >= 0.3 is 5.97 Å². The van der Waals surface area contributed by atoms with Crippen LogP contribution in [-0.2, 0) is 14.3 Å². The minimum absolute atomic E-state index is 0.0349. The fourth-order valence-corrected chi connectivity index (χ4v) is 3.30. The van der Waals surface area contributed by atoms with Crippen molar-refractivity contribution in [3.63, 3.8) is 0 Å². The summed E-state index contributed by atoms with van der Waals surface area (Å²) < 4.78 is 5.60. The second-order valence-electron chi connectivity index (χ2n) is 5.69. The van der Waals surface area contributed by atoms with Gasteiger partial charge in [0.1, 0.15) is 0 Å². The Morgan fingerprint density at radius 1 is 1.33 bits per heavy atom. The van der Waals surface area contributed by atoms with E-state index in [1.807, 2.05) is 30.3 Å². The quantitative estimate of drug-likeness (QED) is 0.918. The number of carbonyl (C=O) groups is 2. The average molecular weight is 289 g/mol. The van der Waals surface area contributed by atoms with Gasteiger partial charge in [0, 0.05) is 19.6 Å². The van der Waals surface area contributed by atoms with Gasteiger partial charge in [0.15, 0.2) is 0 Å². The fraction of sp³-hybridized carbons (Fsp3) is 0.500. The van der Waals surface area contributed by atoms with Crippen LogP contribution in [0.2, 0.25) is 0 Å². The first-order chi connectivity index (χ1) is 10.2. The number of hydrogen-bond acceptors (Lipinski definition) is 3. The van der Waals surface area contributed by atoms with E-state index in [1.165, 1.54) is 0 Å². The fourth-order valence-electron chi connectivity index (χ4n) is 3.30. The van der Waals surface area contributed by atoms with Gasteiger partial charge in [0.25, 0.3) is 0 Å². The van der Waals surface area contributed by atoms with Crippen LogP contribution < -0.4 is 0 Å². The molecule has 5 nitrogen and oxygen atoms in total. The number of carboxylic acids is 1. The van der Waals surface area contributed by atoms with Crippen molar-refractivity contribution < 1.29 is 19.4 Å². The van der Waals surface area contributed by atoms with Gasteiger partial charge in [-0.15, -0.1) is 0 Å². The van der Waals surface area contributed by atoms with Crippen LogP contribution >= 0.6 is 0 Å². The zero-order valence-electron chi connectivity index (χ0n) is 11.8. The molecule has 0 bridgehead atoms. The maximum atomic E-state index is 12.3. The number of aliphatic carboxylic acids is 1. The lowest BCUT2D eigenvalue weighted by atomic mass is 9.93. The van der Waals surface area contributed by atoms with E-state index < -0.39 is 11.9 Å². The third kappa shape index (κ3) is 2.78. The molecule has 5 heteroatoms. The Bertz CT molecular complexity index is 524. The van der Waals surface area contributed by atoms with Crippen LogP contribution in [0.1, 0.15) is 30.9 Å². The molecule has 0 unspecified atom stereocenters. The summed E-state index contributed by atoms with van der Waals surface area (Å²) in [5.74, 6) is -1.68. The maximum Gasteiger partial charge on any atom is 0.309 e. The summed E-state index contributed by atoms with van der Waals surface area (Å²) >= 11 is 0. The predicted molar refractivity (Wildman–Crippen MR) is 75.6 cm³/mol. The van der Waals surface area contributed by atoms with Crippen LogP contribution in [0.15, 0.2) is 30.3 Å². The number of likely N-dealkylation sites (tertiary alicyclic amines) is 1. The van der Waals surface area contributed by atoms with Crippen molar-refractivity contribution in [3.8, 4) is 0 Å². The molecule has 2 heterocycles. The van der Waals surface area contributed by atoms with Gasteiger partial charge in [0.05, 0.1) is 18.1 Å². The Kier molecular flexibility index (Phi) is 3.92. The van der Waals surface area contributed by atoms with Crippen molar-refractivity contribution in [1.82, 2.24) is 4.90 Å². The normalized spacial score (nSPS) is 29.0. The average Bonchev–Trinajstić information content (AvgIpc) is 3.09. The van der Waals surface area contributed by atoms with Gasteiger partial charge in [-0.1, -0.05) is 30.3 Å². The van der Waals surface area contributed by atoms with E-state index in [9.17, 15) is 14.7 Å². The summed E-state index contributed by atoms with van der Waals surface area (Å²) in [6, 6.07) is 9.03. The molecule has 0 aliphatic carbocycles. The molecule has 3 atom stereocenters. The van der Waals surface area contributed by atoms with Gasteiger partial charge in [-0.05, 0) is 18.4 Å². The third-order valence-corrected chi connectivity index (χ3v) is 4.31. The molecule has 2 saturated heterocycles. The number of carboxylic acid groups (broad SMARTS) is 1. The van der Waals surface area contributed by atoms with E-state index >= 15 is 0 Å². The lowest BCUT2D eigenvalue weighted by Crippen LogP contribution is -2.36. The first kappa shape index (κ1) is 14.1. The van der Waals surface area contributed by atoms with Crippen LogP contribution in [0.4, 0.5) is 0 Å². The van der Waals surface area contributed by atoms with E-state index in [1.54, 1.807) is 4.90 Å². The lowest BCUT2D eigenvalue weighted by Gasteiger charge is -2.29. The van der Waals surface area contributed by atoms with Gasteiger partial charge in [0.2, 0.25) is 5.91 Å². The number of benzene rings is 1. The Labute approximate surface area is 123 Å². The monoisotopic (exact) mass is 289 g/mol. The topological polar surface area (TPSA) is 66.8 Å². The zero-order valence-corrected chi connectivity index (χ0v) is 11.8. The Morgan fingerprint density at radius 3 is 2.71 bits per heavy atom.